The largest absolute Gasteiger partial charge is 0.441 e. The molecule has 0 spiro atoms. The maximum absolute atomic E-state index is 12.2. The zero-order chi connectivity index (χ0) is 19.7. The molecule has 0 aliphatic heterocycles. The molecule has 144 valence electrons. The van der Waals surface area contributed by atoms with E-state index in [0.29, 0.717) is 17.2 Å². The summed E-state index contributed by atoms with van der Waals surface area (Å²) in [4.78, 5) is 16.6. The van der Waals surface area contributed by atoms with Crippen LogP contribution < -0.4 is 10.0 Å². The number of fused-ring (bicyclic) bond motifs is 1. The summed E-state index contributed by atoms with van der Waals surface area (Å²) >= 11 is 0. The Hall–Kier alpha value is -2.97. The van der Waals surface area contributed by atoms with Crippen molar-refractivity contribution in [3.05, 3.63) is 60.0 Å². The van der Waals surface area contributed by atoms with Crippen molar-refractivity contribution in [2.24, 2.45) is 0 Å². The third-order valence-corrected chi connectivity index (χ3v) is 5.82. The Kier molecular flexibility index (Phi) is 4.74. The van der Waals surface area contributed by atoms with Crippen molar-refractivity contribution in [2.45, 2.75) is 30.7 Å². The van der Waals surface area contributed by atoms with E-state index in [1.165, 1.54) is 18.2 Å². The Bertz CT molecular complexity index is 1160. The van der Waals surface area contributed by atoms with Gasteiger partial charge in [0.25, 0.3) is 0 Å². The molecule has 0 radical (unpaired) electrons. The molecule has 1 heterocycles. The van der Waals surface area contributed by atoms with Gasteiger partial charge in [-0.15, -0.1) is 0 Å². The second-order valence-electron chi connectivity index (χ2n) is 6.70. The molecule has 28 heavy (non-hydrogen) atoms. The molecule has 2 aromatic carbocycles. The van der Waals surface area contributed by atoms with Gasteiger partial charge in [0.15, 0.2) is 11.5 Å². The normalized spacial score (nSPS) is 14.6. The van der Waals surface area contributed by atoms with Crippen LogP contribution in [0.5, 0.6) is 0 Å². The molecule has 7 nitrogen and oxygen atoms in total. The molecule has 1 aliphatic carbocycles. The first-order valence-corrected chi connectivity index (χ1v) is 10.4. The lowest BCUT2D eigenvalue weighted by atomic mass is 10.2. The number of hydrogen-bond donors (Lipinski definition) is 2. The number of sulfonamides is 1. The number of amides is 1. The first-order chi connectivity index (χ1) is 13.4. The fraction of sp³-hybridized carbons (Fsp3) is 0.200. The van der Waals surface area contributed by atoms with E-state index in [4.69, 9.17) is 4.42 Å². The van der Waals surface area contributed by atoms with Gasteiger partial charge in [0, 0.05) is 30.8 Å². The Morgan fingerprint density at radius 3 is 2.64 bits per heavy atom. The van der Waals surface area contributed by atoms with Gasteiger partial charge in [0.1, 0.15) is 5.52 Å². The Labute approximate surface area is 162 Å². The number of aryl methyl sites for hydroxylation is 1. The average molecular weight is 397 g/mol. The number of anilines is 1. The monoisotopic (exact) mass is 397 g/mol. The van der Waals surface area contributed by atoms with Crippen molar-refractivity contribution >= 4 is 38.8 Å². The maximum Gasteiger partial charge on any atom is 0.248 e. The van der Waals surface area contributed by atoms with E-state index in [0.717, 1.165) is 23.9 Å². The zero-order valence-corrected chi connectivity index (χ0v) is 16.0. The Morgan fingerprint density at radius 1 is 1.18 bits per heavy atom. The summed E-state index contributed by atoms with van der Waals surface area (Å²) in [5.41, 5.74) is 2.67. The van der Waals surface area contributed by atoms with E-state index in [1.54, 1.807) is 43.3 Å². The molecule has 1 aliphatic rings. The molecule has 0 atom stereocenters. The topological polar surface area (TPSA) is 101 Å². The second kappa shape index (κ2) is 7.21. The molecule has 3 aromatic rings. The summed E-state index contributed by atoms with van der Waals surface area (Å²) in [6, 6.07) is 11.7. The molecule has 1 fully saturated rings. The molecule has 8 heteroatoms. The molecule has 0 saturated heterocycles. The van der Waals surface area contributed by atoms with Crippen LogP contribution in [-0.4, -0.2) is 25.4 Å². The summed E-state index contributed by atoms with van der Waals surface area (Å²) in [5.74, 6) is 0.263. The van der Waals surface area contributed by atoms with Crippen LogP contribution in [0.1, 0.15) is 24.3 Å². The number of oxazole rings is 1. The highest BCUT2D eigenvalue weighted by atomic mass is 32.2. The van der Waals surface area contributed by atoms with Gasteiger partial charge in [0.2, 0.25) is 15.9 Å². The summed E-state index contributed by atoms with van der Waals surface area (Å²) in [5, 5.41) is 2.76. The van der Waals surface area contributed by atoms with Crippen LogP contribution in [0.25, 0.3) is 17.2 Å². The fourth-order valence-corrected chi connectivity index (χ4v) is 4.03. The molecule has 2 N–H and O–H groups in total. The predicted octanol–water partition coefficient (Wildman–Crippen LogP) is 3.23. The molecular weight excluding hydrogens is 378 g/mol. The van der Waals surface area contributed by atoms with E-state index in [1.807, 2.05) is 0 Å². The molecule has 0 bridgehead atoms. The van der Waals surface area contributed by atoms with Crippen molar-refractivity contribution in [1.82, 2.24) is 9.71 Å². The highest BCUT2D eigenvalue weighted by Gasteiger charge is 2.27. The molecule has 1 aromatic heterocycles. The third kappa shape index (κ3) is 4.29. The minimum Gasteiger partial charge on any atom is -0.441 e. The number of benzene rings is 2. The first-order valence-electron chi connectivity index (χ1n) is 8.88. The van der Waals surface area contributed by atoms with E-state index in [2.05, 4.69) is 15.0 Å². The summed E-state index contributed by atoms with van der Waals surface area (Å²) in [6.45, 7) is 1.76. The minimum absolute atomic E-state index is 0.0633. The summed E-state index contributed by atoms with van der Waals surface area (Å²) in [7, 11) is -3.47. The quantitative estimate of drug-likeness (QED) is 0.622. The van der Waals surface area contributed by atoms with Crippen molar-refractivity contribution in [1.29, 1.82) is 0 Å². The number of nitrogens with one attached hydrogen (secondary N) is 2. The number of nitrogens with zero attached hydrogens (tertiary/aromatic N) is 1. The number of rotatable bonds is 6. The maximum atomic E-state index is 12.2. The molecule has 1 amide bonds. The molecule has 1 saturated carbocycles. The number of hydrogen-bond acceptors (Lipinski definition) is 5. The van der Waals surface area contributed by atoms with Crippen molar-refractivity contribution in [3.63, 3.8) is 0 Å². The van der Waals surface area contributed by atoms with Crippen LogP contribution in [0.15, 0.2) is 57.9 Å². The lowest BCUT2D eigenvalue weighted by Crippen LogP contribution is -2.25. The number of carbonyl (C=O) groups is 1. The summed E-state index contributed by atoms with van der Waals surface area (Å²) < 4.78 is 32.4. The van der Waals surface area contributed by atoms with E-state index in [-0.39, 0.29) is 16.8 Å². The van der Waals surface area contributed by atoms with E-state index >= 15 is 0 Å². The van der Waals surface area contributed by atoms with Gasteiger partial charge in [-0.25, -0.2) is 18.1 Å². The lowest BCUT2D eigenvalue weighted by Gasteiger charge is -2.05. The average Bonchev–Trinajstić information content (AvgIpc) is 3.37. The zero-order valence-electron chi connectivity index (χ0n) is 15.2. The van der Waals surface area contributed by atoms with Gasteiger partial charge in [-0.05, 0) is 48.7 Å². The highest BCUT2D eigenvalue weighted by molar-refractivity contribution is 7.89. The van der Waals surface area contributed by atoms with Crippen molar-refractivity contribution in [2.75, 3.05) is 5.32 Å². The summed E-state index contributed by atoms with van der Waals surface area (Å²) in [6.07, 6.45) is 4.79. The van der Waals surface area contributed by atoms with Crippen LogP contribution in [-0.2, 0) is 14.8 Å². The highest BCUT2D eigenvalue weighted by Crippen LogP contribution is 2.22. The minimum atomic E-state index is -3.47. The standard InChI is InChI=1S/C20H19N3O4S/c1-13-21-18-10-7-16(12-19(18)27-13)22-20(24)11-4-14-2-8-17(9-3-14)28(25,26)23-15-5-6-15/h2-4,7-12,15,23H,5-6H2,1H3,(H,22,24). The molecule has 4 rings (SSSR count). The molecule has 0 unspecified atom stereocenters. The Balaban J connectivity index is 1.40. The van der Waals surface area contributed by atoms with Crippen LogP contribution in [0, 0.1) is 6.92 Å². The predicted molar refractivity (Wildman–Crippen MR) is 106 cm³/mol. The SMILES string of the molecule is Cc1nc2ccc(NC(=O)C=Cc3ccc(S(=O)(=O)NC4CC4)cc3)cc2o1. The van der Waals surface area contributed by atoms with Crippen LogP contribution >= 0.6 is 0 Å². The van der Waals surface area contributed by atoms with Crippen LogP contribution in [0.3, 0.4) is 0 Å². The van der Waals surface area contributed by atoms with Gasteiger partial charge in [-0.3, -0.25) is 4.79 Å². The van der Waals surface area contributed by atoms with Gasteiger partial charge in [0.05, 0.1) is 4.90 Å². The molecular formula is C20H19N3O4S. The lowest BCUT2D eigenvalue weighted by molar-refractivity contribution is -0.111. The van der Waals surface area contributed by atoms with Gasteiger partial charge >= 0.3 is 0 Å². The van der Waals surface area contributed by atoms with Crippen molar-refractivity contribution in [3.8, 4) is 0 Å². The van der Waals surface area contributed by atoms with Crippen molar-refractivity contribution < 1.29 is 17.6 Å². The van der Waals surface area contributed by atoms with Gasteiger partial charge in [-0.2, -0.15) is 0 Å². The van der Waals surface area contributed by atoms with Crippen LogP contribution in [0.2, 0.25) is 0 Å². The smallest absolute Gasteiger partial charge is 0.248 e. The van der Waals surface area contributed by atoms with Gasteiger partial charge < -0.3 is 9.73 Å². The van der Waals surface area contributed by atoms with E-state index in [9.17, 15) is 13.2 Å². The number of carbonyl (C=O) groups excluding carboxylic acids is 1. The van der Waals surface area contributed by atoms with Gasteiger partial charge in [-0.1, -0.05) is 12.1 Å². The first kappa shape index (κ1) is 18.4. The third-order valence-electron chi connectivity index (χ3n) is 4.28. The van der Waals surface area contributed by atoms with E-state index < -0.39 is 10.0 Å². The number of aromatic nitrogens is 1. The second-order valence-corrected chi connectivity index (χ2v) is 8.42. The van der Waals surface area contributed by atoms with Crippen LogP contribution in [0.4, 0.5) is 5.69 Å². The Morgan fingerprint density at radius 2 is 1.93 bits per heavy atom. The fourth-order valence-electron chi connectivity index (χ4n) is 2.72.